The van der Waals surface area contributed by atoms with Crippen molar-refractivity contribution < 1.29 is 4.79 Å². The second kappa shape index (κ2) is 4.17. The number of benzene rings is 1. The van der Waals surface area contributed by atoms with Crippen molar-refractivity contribution in [1.29, 1.82) is 0 Å². The van der Waals surface area contributed by atoms with Crippen molar-refractivity contribution in [2.24, 2.45) is 10.2 Å². The van der Waals surface area contributed by atoms with Crippen LogP contribution in [0.1, 0.15) is 23.5 Å². The number of allylic oxidation sites excluding steroid dienone is 1. The highest BCUT2D eigenvalue weighted by atomic mass is 16.1. The molecule has 0 aliphatic heterocycles. The first-order valence-corrected chi connectivity index (χ1v) is 4.92. The van der Waals surface area contributed by atoms with Crippen LogP contribution < -0.4 is 0 Å². The number of carbonyl (C=O) groups excluding carboxylic acids is 1. The molecular weight excluding hydrogens is 188 g/mol. The molecule has 1 unspecified atom stereocenters. The Balaban J connectivity index is 2.38. The van der Waals surface area contributed by atoms with Crippen molar-refractivity contribution >= 4 is 12.0 Å². The van der Waals surface area contributed by atoms with Crippen LogP contribution in [0.15, 0.2) is 40.6 Å². The van der Waals surface area contributed by atoms with Gasteiger partial charge in [-0.1, -0.05) is 36.4 Å². The first kappa shape index (κ1) is 9.77. The average molecular weight is 200 g/mol. The van der Waals surface area contributed by atoms with E-state index in [4.69, 9.17) is 0 Å². The summed E-state index contributed by atoms with van der Waals surface area (Å²) in [5, 5.41) is 7.13. The van der Waals surface area contributed by atoms with Crippen LogP contribution in [0.3, 0.4) is 0 Å². The summed E-state index contributed by atoms with van der Waals surface area (Å²) in [4.78, 5) is 11.7. The molecule has 0 heterocycles. The molecule has 15 heavy (non-hydrogen) atoms. The van der Waals surface area contributed by atoms with Crippen molar-refractivity contribution in [2.75, 3.05) is 7.05 Å². The minimum absolute atomic E-state index is 0.158. The summed E-state index contributed by atoms with van der Waals surface area (Å²) in [6.07, 6.45) is 4.77. The Morgan fingerprint density at radius 1 is 1.40 bits per heavy atom. The SMILES string of the molecule is CN=NC(=O)C1CC=Cc2ccccc21. The number of fused-ring (bicyclic) bond motifs is 1. The van der Waals surface area contributed by atoms with Gasteiger partial charge in [-0.3, -0.25) is 4.79 Å². The molecule has 1 atom stereocenters. The molecule has 0 saturated heterocycles. The van der Waals surface area contributed by atoms with Gasteiger partial charge >= 0.3 is 0 Å². The summed E-state index contributed by atoms with van der Waals surface area (Å²) in [7, 11) is 1.52. The van der Waals surface area contributed by atoms with Gasteiger partial charge in [-0.2, -0.15) is 5.11 Å². The lowest BCUT2D eigenvalue weighted by Crippen LogP contribution is -2.12. The van der Waals surface area contributed by atoms with Gasteiger partial charge in [0.1, 0.15) is 0 Å². The van der Waals surface area contributed by atoms with E-state index < -0.39 is 0 Å². The standard InChI is InChI=1S/C12H12N2O/c1-13-14-12(15)11-8-4-6-9-5-2-3-7-10(9)11/h2-7,11H,8H2,1H3. The maximum atomic E-state index is 11.7. The molecule has 1 aliphatic rings. The van der Waals surface area contributed by atoms with Gasteiger partial charge in [-0.15, -0.1) is 5.11 Å². The molecule has 0 saturated carbocycles. The molecule has 0 fully saturated rings. The van der Waals surface area contributed by atoms with Crippen molar-refractivity contribution in [3.8, 4) is 0 Å². The first-order valence-electron chi connectivity index (χ1n) is 4.92. The van der Waals surface area contributed by atoms with Crippen LogP contribution in [0, 0.1) is 0 Å². The van der Waals surface area contributed by atoms with Gasteiger partial charge in [0.2, 0.25) is 0 Å². The molecule has 3 nitrogen and oxygen atoms in total. The first-order chi connectivity index (χ1) is 7.33. The zero-order valence-corrected chi connectivity index (χ0v) is 8.55. The molecule has 0 aromatic heterocycles. The maximum absolute atomic E-state index is 11.7. The van der Waals surface area contributed by atoms with Crippen molar-refractivity contribution in [2.45, 2.75) is 12.3 Å². The fourth-order valence-electron chi connectivity index (χ4n) is 1.84. The van der Waals surface area contributed by atoms with Gasteiger partial charge in [0.25, 0.3) is 5.91 Å². The Labute approximate surface area is 88.5 Å². The van der Waals surface area contributed by atoms with Crippen molar-refractivity contribution in [3.63, 3.8) is 0 Å². The smallest absolute Gasteiger partial charge is 0.270 e. The third-order valence-corrected chi connectivity index (χ3v) is 2.54. The van der Waals surface area contributed by atoms with E-state index in [1.807, 2.05) is 36.4 Å². The Kier molecular flexibility index (Phi) is 2.72. The largest absolute Gasteiger partial charge is 0.272 e. The number of azo groups is 1. The van der Waals surface area contributed by atoms with Gasteiger partial charge in [0, 0.05) is 7.05 Å². The molecule has 2 rings (SSSR count). The van der Waals surface area contributed by atoms with E-state index >= 15 is 0 Å². The maximum Gasteiger partial charge on any atom is 0.272 e. The predicted molar refractivity (Wildman–Crippen MR) is 58.6 cm³/mol. The zero-order chi connectivity index (χ0) is 10.7. The van der Waals surface area contributed by atoms with E-state index in [1.54, 1.807) is 0 Å². The fraction of sp³-hybridized carbons (Fsp3) is 0.250. The highest BCUT2D eigenvalue weighted by Gasteiger charge is 2.23. The van der Waals surface area contributed by atoms with Gasteiger partial charge in [-0.05, 0) is 17.5 Å². The van der Waals surface area contributed by atoms with Gasteiger partial charge in [-0.25, -0.2) is 0 Å². The van der Waals surface area contributed by atoms with Gasteiger partial charge < -0.3 is 0 Å². The van der Waals surface area contributed by atoms with Gasteiger partial charge in [0.15, 0.2) is 0 Å². The molecular formula is C12H12N2O. The zero-order valence-electron chi connectivity index (χ0n) is 8.55. The molecule has 0 radical (unpaired) electrons. The van der Waals surface area contributed by atoms with Gasteiger partial charge in [0.05, 0.1) is 5.92 Å². The minimum atomic E-state index is -0.158. The van der Waals surface area contributed by atoms with Crippen LogP contribution in [0.25, 0.3) is 6.08 Å². The summed E-state index contributed by atoms with van der Waals surface area (Å²) in [5.41, 5.74) is 2.16. The number of amides is 1. The summed E-state index contributed by atoms with van der Waals surface area (Å²) in [5.74, 6) is -0.316. The van der Waals surface area contributed by atoms with Crippen molar-refractivity contribution in [1.82, 2.24) is 0 Å². The van der Waals surface area contributed by atoms with E-state index in [0.717, 1.165) is 17.5 Å². The van der Waals surface area contributed by atoms with E-state index in [-0.39, 0.29) is 11.8 Å². The normalized spacial score (nSPS) is 19.1. The highest BCUT2D eigenvalue weighted by molar-refractivity contribution is 5.86. The van der Waals surface area contributed by atoms with E-state index in [1.165, 1.54) is 7.05 Å². The molecule has 0 N–H and O–H groups in total. The van der Waals surface area contributed by atoms with E-state index in [2.05, 4.69) is 10.2 Å². The molecule has 76 valence electrons. The minimum Gasteiger partial charge on any atom is -0.270 e. The quantitative estimate of drug-likeness (QED) is 0.642. The third kappa shape index (κ3) is 1.86. The Morgan fingerprint density at radius 3 is 3.00 bits per heavy atom. The lowest BCUT2D eigenvalue weighted by Gasteiger charge is -2.17. The predicted octanol–water partition coefficient (Wildman–Crippen LogP) is 2.80. The lowest BCUT2D eigenvalue weighted by molar-refractivity contribution is -0.119. The second-order valence-corrected chi connectivity index (χ2v) is 3.46. The number of hydrogen-bond donors (Lipinski definition) is 0. The Morgan fingerprint density at radius 2 is 2.20 bits per heavy atom. The number of nitrogens with zero attached hydrogens (tertiary/aromatic N) is 2. The second-order valence-electron chi connectivity index (χ2n) is 3.46. The van der Waals surface area contributed by atoms with Crippen molar-refractivity contribution in [3.05, 3.63) is 41.5 Å². The molecule has 0 spiro atoms. The molecule has 3 heteroatoms. The van der Waals surface area contributed by atoms with Crippen LogP contribution in [0.2, 0.25) is 0 Å². The summed E-state index contributed by atoms with van der Waals surface area (Å²) in [6, 6.07) is 7.90. The number of carbonyl (C=O) groups is 1. The lowest BCUT2D eigenvalue weighted by atomic mass is 9.87. The average Bonchev–Trinajstić information content (AvgIpc) is 2.28. The van der Waals surface area contributed by atoms with Crippen LogP contribution >= 0.6 is 0 Å². The Hall–Kier alpha value is -1.77. The number of hydrogen-bond acceptors (Lipinski definition) is 2. The number of rotatable bonds is 1. The summed E-state index contributed by atoms with van der Waals surface area (Å²) in [6.45, 7) is 0. The monoisotopic (exact) mass is 200 g/mol. The topological polar surface area (TPSA) is 41.8 Å². The van der Waals surface area contributed by atoms with E-state index in [0.29, 0.717) is 0 Å². The highest BCUT2D eigenvalue weighted by Crippen LogP contribution is 2.30. The van der Waals surface area contributed by atoms with Crippen LogP contribution in [0.4, 0.5) is 0 Å². The fourth-order valence-corrected chi connectivity index (χ4v) is 1.84. The van der Waals surface area contributed by atoms with Crippen LogP contribution in [0.5, 0.6) is 0 Å². The third-order valence-electron chi connectivity index (χ3n) is 2.54. The molecule has 0 bridgehead atoms. The Bertz CT molecular complexity index is 435. The molecule has 1 aromatic rings. The van der Waals surface area contributed by atoms with Crippen LogP contribution in [-0.2, 0) is 4.79 Å². The van der Waals surface area contributed by atoms with Crippen LogP contribution in [-0.4, -0.2) is 13.0 Å². The molecule has 1 aliphatic carbocycles. The summed E-state index contributed by atoms with van der Waals surface area (Å²) < 4.78 is 0. The summed E-state index contributed by atoms with van der Waals surface area (Å²) >= 11 is 0. The molecule has 1 aromatic carbocycles. The van der Waals surface area contributed by atoms with E-state index in [9.17, 15) is 4.79 Å². The molecule has 1 amide bonds.